The number of H-pyrrole nitrogens is 1. The van der Waals surface area contributed by atoms with Crippen LogP contribution < -0.4 is 16.6 Å². The van der Waals surface area contributed by atoms with Crippen LogP contribution in [0.4, 0.5) is 5.82 Å². The maximum atomic E-state index is 11.1. The molecule has 1 atom stereocenters. The first-order valence-electron chi connectivity index (χ1n) is 4.27. The van der Waals surface area contributed by atoms with E-state index in [1.165, 1.54) is 12.4 Å². The third kappa shape index (κ3) is 2.87. The number of nitrogens with two attached hydrogens (primary N) is 1. The Bertz CT molecular complexity index is 309. The van der Waals surface area contributed by atoms with E-state index < -0.39 is 0 Å². The van der Waals surface area contributed by atoms with E-state index in [1.807, 2.05) is 6.92 Å². The Morgan fingerprint density at radius 1 is 1.77 bits per heavy atom. The molecular formula is C8H14N4O. The number of anilines is 1. The Morgan fingerprint density at radius 3 is 3.15 bits per heavy atom. The standard InChI is InChI=1S/C8H14N4O/c1-2-6(9)5-12-7-8(13)11-4-3-10-7/h3-4,6H,2,5,9H2,1H3,(H,10,12)(H,11,13). The van der Waals surface area contributed by atoms with Gasteiger partial charge in [0.05, 0.1) is 0 Å². The molecule has 1 aromatic heterocycles. The number of nitrogens with one attached hydrogen (secondary N) is 2. The van der Waals surface area contributed by atoms with Gasteiger partial charge in [0.1, 0.15) is 0 Å². The van der Waals surface area contributed by atoms with E-state index in [0.717, 1.165) is 6.42 Å². The van der Waals surface area contributed by atoms with Gasteiger partial charge in [-0.3, -0.25) is 4.79 Å². The van der Waals surface area contributed by atoms with Gasteiger partial charge in [0.25, 0.3) is 5.56 Å². The fraction of sp³-hybridized carbons (Fsp3) is 0.500. The van der Waals surface area contributed by atoms with Gasteiger partial charge in [-0.1, -0.05) is 6.92 Å². The molecule has 0 amide bonds. The van der Waals surface area contributed by atoms with Gasteiger partial charge in [0.15, 0.2) is 5.82 Å². The molecule has 0 fully saturated rings. The van der Waals surface area contributed by atoms with Crippen LogP contribution in [-0.2, 0) is 0 Å². The predicted octanol–water partition coefficient (Wildman–Crippen LogP) is -0.0809. The minimum absolute atomic E-state index is 0.0569. The molecule has 0 aliphatic heterocycles. The molecule has 0 radical (unpaired) electrons. The highest BCUT2D eigenvalue weighted by Crippen LogP contribution is 1.91. The molecule has 0 aliphatic carbocycles. The number of aromatic nitrogens is 2. The van der Waals surface area contributed by atoms with Gasteiger partial charge < -0.3 is 16.0 Å². The van der Waals surface area contributed by atoms with Crippen molar-refractivity contribution in [2.24, 2.45) is 5.73 Å². The molecule has 1 heterocycles. The van der Waals surface area contributed by atoms with Gasteiger partial charge in [0, 0.05) is 25.0 Å². The van der Waals surface area contributed by atoms with E-state index in [4.69, 9.17) is 5.73 Å². The second-order valence-corrected chi connectivity index (χ2v) is 2.82. The average Bonchev–Trinajstić information content (AvgIpc) is 2.16. The minimum Gasteiger partial charge on any atom is -0.364 e. The highest BCUT2D eigenvalue weighted by Gasteiger charge is 2.01. The number of aromatic amines is 1. The van der Waals surface area contributed by atoms with E-state index in [1.54, 1.807) is 0 Å². The molecule has 1 rings (SSSR count). The van der Waals surface area contributed by atoms with E-state index in [0.29, 0.717) is 12.4 Å². The molecular weight excluding hydrogens is 168 g/mol. The van der Waals surface area contributed by atoms with Crippen molar-refractivity contribution in [2.75, 3.05) is 11.9 Å². The zero-order chi connectivity index (χ0) is 9.68. The lowest BCUT2D eigenvalue weighted by atomic mass is 10.2. The van der Waals surface area contributed by atoms with E-state index in [9.17, 15) is 4.79 Å². The molecule has 5 nitrogen and oxygen atoms in total. The van der Waals surface area contributed by atoms with Crippen molar-refractivity contribution >= 4 is 5.82 Å². The van der Waals surface area contributed by atoms with E-state index in [-0.39, 0.29) is 11.6 Å². The second-order valence-electron chi connectivity index (χ2n) is 2.82. The molecule has 72 valence electrons. The maximum absolute atomic E-state index is 11.1. The summed E-state index contributed by atoms with van der Waals surface area (Å²) in [6.45, 7) is 2.56. The Kier molecular flexibility index (Phi) is 3.45. The molecule has 0 saturated carbocycles. The number of nitrogens with zero attached hydrogens (tertiary/aromatic N) is 1. The summed E-state index contributed by atoms with van der Waals surface area (Å²) >= 11 is 0. The maximum Gasteiger partial charge on any atom is 0.290 e. The van der Waals surface area contributed by atoms with Crippen LogP contribution in [0, 0.1) is 0 Å². The summed E-state index contributed by atoms with van der Waals surface area (Å²) in [4.78, 5) is 17.5. The summed E-state index contributed by atoms with van der Waals surface area (Å²) in [7, 11) is 0. The second kappa shape index (κ2) is 4.61. The van der Waals surface area contributed by atoms with Crippen molar-refractivity contribution in [3.63, 3.8) is 0 Å². The monoisotopic (exact) mass is 182 g/mol. The Morgan fingerprint density at radius 2 is 2.54 bits per heavy atom. The molecule has 0 aliphatic rings. The Labute approximate surface area is 76.4 Å². The summed E-state index contributed by atoms with van der Waals surface area (Å²) in [5.41, 5.74) is 5.45. The molecule has 13 heavy (non-hydrogen) atoms. The molecule has 4 N–H and O–H groups in total. The summed E-state index contributed by atoms with van der Waals surface area (Å²) in [5.74, 6) is 0.325. The van der Waals surface area contributed by atoms with Crippen molar-refractivity contribution < 1.29 is 0 Å². The highest BCUT2D eigenvalue weighted by atomic mass is 16.1. The SMILES string of the molecule is CCC(N)CNc1ncc[nH]c1=O. The minimum atomic E-state index is -0.217. The molecule has 0 bridgehead atoms. The van der Waals surface area contributed by atoms with Crippen LogP contribution in [-0.4, -0.2) is 22.6 Å². The summed E-state index contributed by atoms with van der Waals surface area (Å²) in [6, 6.07) is 0.0569. The lowest BCUT2D eigenvalue weighted by Crippen LogP contribution is -2.30. The quantitative estimate of drug-likeness (QED) is 0.608. The van der Waals surface area contributed by atoms with Crippen molar-refractivity contribution in [1.29, 1.82) is 0 Å². The zero-order valence-corrected chi connectivity index (χ0v) is 7.58. The molecule has 1 unspecified atom stereocenters. The van der Waals surface area contributed by atoms with Gasteiger partial charge in [-0.15, -0.1) is 0 Å². The smallest absolute Gasteiger partial charge is 0.290 e. The fourth-order valence-corrected chi connectivity index (χ4v) is 0.850. The van der Waals surface area contributed by atoms with E-state index in [2.05, 4.69) is 15.3 Å². The van der Waals surface area contributed by atoms with Crippen LogP contribution >= 0.6 is 0 Å². The van der Waals surface area contributed by atoms with Crippen molar-refractivity contribution in [3.05, 3.63) is 22.7 Å². The first-order valence-corrected chi connectivity index (χ1v) is 4.27. The first-order chi connectivity index (χ1) is 6.24. The van der Waals surface area contributed by atoms with Gasteiger partial charge in [0.2, 0.25) is 0 Å². The predicted molar refractivity (Wildman–Crippen MR) is 51.6 cm³/mol. The van der Waals surface area contributed by atoms with Gasteiger partial charge in [-0.25, -0.2) is 4.98 Å². The van der Waals surface area contributed by atoms with Gasteiger partial charge >= 0.3 is 0 Å². The van der Waals surface area contributed by atoms with Crippen LogP contribution in [0.15, 0.2) is 17.2 Å². The van der Waals surface area contributed by atoms with Crippen LogP contribution in [0.1, 0.15) is 13.3 Å². The lowest BCUT2D eigenvalue weighted by Gasteiger charge is -2.09. The highest BCUT2D eigenvalue weighted by molar-refractivity contribution is 5.30. The summed E-state index contributed by atoms with van der Waals surface area (Å²) < 4.78 is 0. The normalized spacial score (nSPS) is 12.5. The van der Waals surface area contributed by atoms with Crippen molar-refractivity contribution in [3.8, 4) is 0 Å². The Balaban J connectivity index is 2.55. The van der Waals surface area contributed by atoms with Crippen LogP contribution in [0.5, 0.6) is 0 Å². The molecule has 5 heteroatoms. The first kappa shape index (κ1) is 9.73. The third-order valence-electron chi connectivity index (χ3n) is 1.76. The fourth-order valence-electron chi connectivity index (χ4n) is 0.850. The number of rotatable bonds is 4. The molecule has 0 aromatic carbocycles. The zero-order valence-electron chi connectivity index (χ0n) is 7.58. The van der Waals surface area contributed by atoms with Crippen molar-refractivity contribution in [2.45, 2.75) is 19.4 Å². The third-order valence-corrected chi connectivity index (χ3v) is 1.76. The summed E-state index contributed by atoms with van der Waals surface area (Å²) in [6.07, 6.45) is 3.90. The van der Waals surface area contributed by atoms with Crippen LogP contribution in [0.3, 0.4) is 0 Å². The van der Waals surface area contributed by atoms with Gasteiger partial charge in [-0.2, -0.15) is 0 Å². The number of hydrogen-bond donors (Lipinski definition) is 3. The lowest BCUT2D eigenvalue weighted by molar-refractivity contribution is 0.677. The van der Waals surface area contributed by atoms with E-state index >= 15 is 0 Å². The Hall–Kier alpha value is -1.36. The van der Waals surface area contributed by atoms with Gasteiger partial charge in [-0.05, 0) is 6.42 Å². The van der Waals surface area contributed by atoms with Crippen molar-refractivity contribution in [1.82, 2.24) is 9.97 Å². The van der Waals surface area contributed by atoms with Crippen LogP contribution in [0.25, 0.3) is 0 Å². The molecule has 0 spiro atoms. The molecule has 1 aromatic rings. The van der Waals surface area contributed by atoms with Crippen LogP contribution in [0.2, 0.25) is 0 Å². The largest absolute Gasteiger partial charge is 0.364 e. The number of hydrogen-bond acceptors (Lipinski definition) is 4. The average molecular weight is 182 g/mol. The summed E-state index contributed by atoms with van der Waals surface area (Å²) in [5, 5.41) is 2.88. The molecule has 0 saturated heterocycles. The topological polar surface area (TPSA) is 83.8 Å².